The fourth-order valence-electron chi connectivity index (χ4n) is 3.88. The molecule has 3 nitrogen and oxygen atoms in total. The van der Waals surface area contributed by atoms with Crippen molar-refractivity contribution in [2.45, 2.75) is 25.2 Å². The molecular weight excluding hydrogens is 356 g/mol. The molecule has 1 aromatic heterocycles. The number of H-pyrrole nitrogens is 1. The van der Waals surface area contributed by atoms with Gasteiger partial charge in [0.25, 0.3) is 0 Å². The molecule has 4 aromatic rings. The average molecular weight is 383 g/mol. The highest BCUT2D eigenvalue weighted by Gasteiger charge is 2.18. The van der Waals surface area contributed by atoms with E-state index >= 15 is 0 Å². The van der Waals surface area contributed by atoms with Crippen molar-refractivity contribution in [3.05, 3.63) is 108 Å². The number of para-hydroxylation sites is 1. The molecule has 0 aliphatic carbocycles. The quantitative estimate of drug-likeness (QED) is 0.419. The smallest absolute Gasteiger partial charge is 0.220 e. The number of aromatic amines is 1. The minimum absolute atomic E-state index is 0.113. The summed E-state index contributed by atoms with van der Waals surface area (Å²) in [6.07, 6.45) is 4.41. The first kappa shape index (κ1) is 19.0. The van der Waals surface area contributed by atoms with E-state index in [0.29, 0.717) is 13.0 Å². The van der Waals surface area contributed by atoms with E-state index in [-0.39, 0.29) is 11.8 Å². The van der Waals surface area contributed by atoms with Crippen LogP contribution in [-0.4, -0.2) is 17.4 Å². The number of hydrogen-bond acceptors (Lipinski definition) is 1. The number of carbonyl (C=O) groups is 1. The molecule has 3 heteroatoms. The lowest BCUT2D eigenvalue weighted by atomic mass is 9.91. The largest absolute Gasteiger partial charge is 0.361 e. The lowest BCUT2D eigenvalue weighted by molar-refractivity contribution is -0.121. The van der Waals surface area contributed by atoms with Crippen molar-refractivity contribution in [2.24, 2.45) is 0 Å². The molecule has 0 aliphatic rings. The molecule has 0 radical (unpaired) electrons. The summed E-state index contributed by atoms with van der Waals surface area (Å²) in [6.45, 7) is 0.593. The highest BCUT2D eigenvalue weighted by atomic mass is 16.1. The zero-order valence-electron chi connectivity index (χ0n) is 16.5. The Morgan fingerprint density at radius 2 is 1.55 bits per heavy atom. The molecular formula is C26H26N2O. The molecule has 0 spiro atoms. The monoisotopic (exact) mass is 382 g/mol. The molecule has 1 heterocycles. The Bertz CT molecular complexity index is 1050. The summed E-state index contributed by atoms with van der Waals surface area (Å²) in [4.78, 5) is 15.8. The van der Waals surface area contributed by atoms with Crippen LogP contribution in [0.15, 0.2) is 91.1 Å². The van der Waals surface area contributed by atoms with Gasteiger partial charge in [0.05, 0.1) is 0 Å². The van der Waals surface area contributed by atoms with E-state index in [0.717, 1.165) is 18.4 Å². The van der Waals surface area contributed by atoms with Crippen LogP contribution in [0.3, 0.4) is 0 Å². The van der Waals surface area contributed by atoms with Crippen molar-refractivity contribution in [3.63, 3.8) is 0 Å². The Morgan fingerprint density at radius 1 is 0.862 bits per heavy atom. The van der Waals surface area contributed by atoms with Crippen LogP contribution in [-0.2, 0) is 11.2 Å². The number of carbonyl (C=O) groups excluding carboxylic acids is 1. The van der Waals surface area contributed by atoms with Crippen LogP contribution in [0.2, 0.25) is 0 Å². The first-order valence-electron chi connectivity index (χ1n) is 10.2. The predicted octanol–water partition coefficient (Wildman–Crippen LogP) is 5.44. The summed E-state index contributed by atoms with van der Waals surface area (Å²) in [7, 11) is 0. The molecule has 146 valence electrons. The maximum Gasteiger partial charge on any atom is 0.220 e. The molecule has 0 saturated heterocycles. The van der Waals surface area contributed by atoms with E-state index in [9.17, 15) is 4.79 Å². The van der Waals surface area contributed by atoms with Gasteiger partial charge in [0.1, 0.15) is 0 Å². The summed E-state index contributed by atoms with van der Waals surface area (Å²) in [5.74, 6) is 0.229. The van der Waals surface area contributed by atoms with E-state index in [4.69, 9.17) is 0 Å². The van der Waals surface area contributed by atoms with E-state index in [1.807, 2.05) is 30.3 Å². The Morgan fingerprint density at radius 3 is 2.34 bits per heavy atom. The molecule has 29 heavy (non-hydrogen) atoms. The fraction of sp³-hybridized carbons (Fsp3) is 0.192. The van der Waals surface area contributed by atoms with Gasteiger partial charge in [-0.3, -0.25) is 4.79 Å². The first-order chi connectivity index (χ1) is 14.3. The van der Waals surface area contributed by atoms with Gasteiger partial charge in [-0.05, 0) is 35.6 Å². The van der Waals surface area contributed by atoms with E-state index in [2.05, 4.69) is 71.1 Å². The molecule has 0 aliphatic heterocycles. The van der Waals surface area contributed by atoms with Crippen molar-refractivity contribution in [3.8, 4) is 0 Å². The number of aromatic nitrogens is 1. The van der Waals surface area contributed by atoms with Crippen LogP contribution < -0.4 is 5.32 Å². The number of amides is 1. The maximum absolute atomic E-state index is 12.5. The van der Waals surface area contributed by atoms with Crippen LogP contribution in [0, 0.1) is 0 Å². The third-order valence-corrected chi connectivity index (χ3v) is 5.41. The van der Waals surface area contributed by atoms with Crippen LogP contribution in [0.1, 0.15) is 35.4 Å². The van der Waals surface area contributed by atoms with Crippen LogP contribution >= 0.6 is 0 Å². The normalized spacial score (nSPS) is 12.0. The molecule has 0 bridgehead atoms. The highest BCUT2D eigenvalue weighted by molar-refractivity contribution is 5.84. The van der Waals surface area contributed by atoms with Gasteiger partial charge >= 0.3 is 0 Å². The molecule has 3 aromatic carbocycles. The van der Waals surface area contributed by atoms with Gasteiger partial charge in [-0.1, -0.05) is 78.9 Å². The summed E-state index contributed by atoms with van der Waals surface area (Å²) >= 11 is 0. The van der Waals surface area contributed by atoms with Gasteiger partial charge in [-0.25, -0.2) is 0 Å². The van der Waals surface area contributed by atoms with Crippen molar-refractivity contribution in [1.29, 1.82) is 0 Å². The van der Waals surface area contributed by atoms with Gasteiger partial charge in [-0.2, -0.15) is 0 Å². The second-order valence-corrected chi connectivity index (χ2v) is 7.40. The van der Waals surface area contributed by atoms with Gasteiger partial charge in [-0.15, -0.1) is 0 Å². The number of benzene rings is 3. The number of fused-ring (bicyclic) bond motifs is 1. The molecule has 4 rings (SSSR count). The SMILES string of the molecule is O=C(CCCc1ccccc1)NCC(c1ccccc1)c1c[nH]c2ccccc12. The van der Waals surface area contributed by atoms with E-state index in [1.165, 1.54) is 22.1 Å². The lowest BCUT2D eigenvalue weighted by Gasteiger charge is -2.18. The molecule has 2 N–H and O–H groups in total. The van der Waals surface area contributed by atoms with Gasteiger partial charge in [0.15, 0.2) is 0 Å². The first-order valence-corrected chi connectivity index (χ1v) is 10.2. The number of hydrogen-bond donors (Lipinski definition) is 2. The number of aryl methyl sites for hydroxylation is 1. The minimum atomic E-state index is 0.113. The molecule has 0 fully saturated rings. The summed E-state index contributed by atoms with van der Waals surface area (Å²) < 4.78 is 0. The second-order valence-electron chi connectivity index (χ2n) is 7.40. The number of nitrogens with one attached hydrogen (secondary N) is 2. The number of rotatable bonds is 8. The molecule has 1 amide bonds. The van der Waals surface area contributed by atoms with Gasteiger partial charge < -0.3 is 10.3 Å². The average Bonchev–Trinajstić information content (AvgIpc) is 3.19. The van der Waals surface area contributed by atoms with Crippen molar-refractivity contribution >= 4 is 16.8 Å². The second kappa shape index (κ2) is 9.24. The Hall–Kier alpha value is -3.33. The van der Waals surface area contributed by atoms with Crippen LogP contribution in [0.5, 0.6) is 0 Å². The standard InChI is InChI=1S/C26H26N2O/c29-26(17-9-12-20-10-3-1-4-11-20)28-18-23(21-13-5-2-6-14-21)24-19-27-25-16-8-7-15-22(24)25/h1-8,10-11,13-16,19,23,27H,9,12,17-18H2,(H,28,29). The van der Waals surface area contributed by atoms with E-state index in [1.54, 1.807) is 0 Å². The lowest BCUT2D eigenvalue weighted by Crippen LogP contribution is -2.28. The summed E-state index contributed by atoms with van der Waals surface area (Å²) in [6, 6.07) is 29.0. The Kier molecular flexibility index (Phi) is 6.06. The molecule has 0 saturated carbocycles. The summed E-state index contributed by atoms with van der Waals surface area (Å²) in [5, 5.41) is 4.38. The van der Waals surface area contributed by atoms with Crippen LogP contribution in [0.4, 0.5) is 0 Å². The van der Waals surface area contributed by atoms with Crippen molar-refractivity contribution in [1.82, 2.24) is 10.3 Å². The molecule has 1 unspecified atom stereocenters. The topological polar surface area (TPSA) is 44.9 Å². The van der Waals surface area contributed by atoms with Gasteiger partial charge in [0.2, 0.25) is 5.91 Å². The van der Waals surface area contributed by atoms with Crippen molar-refractivity contribution < 1.29 is 4.79 Å². The van der Waals surface area contributed by atoms with Gasteiger partial charge in [0, 0.05) is 36.0 Å². The highest BCUT2D eigenvalue weighted by Crippen LogP contribution is 2.30. The summed E-state index contributed by atoms with van der Waals surface area (Å²) in [5.41, 5.74) is 4.83. The van der Waals surface area contributed by atoms with Crippen LogP contribution in [0.25, 0.3) is 10.9 Å². The molecule has 1 atom stereocenters. The predicted molar refractivity (Wildman–Crippen MR) is 119 cm³/mol. The fourth-order valence-corrected chi connectivity index (χ4v) is 3.88. The zero-order chi connectivity index (χ0) is 19.9. The maximum atomic E-state index is 12.5. The zero-order valence-corrected chi connectivity index (χ0v) is 16.5. The third kappa shape index (κ3) is 4.75. The third-order valence-electron chi connectivity index (χ3n) is 5.41. The Balaban J connectivity index is 1.43. The Labute approximate surface area is 171 Å². The van der Waals surface area contributed by atoms with Crippen molar-refractivity contribution in [2.75, 3.05) is 6.54 Å². The van der Waals surface area contributed by atoms with E-state index < -0.39 is 0 Å². The minimum Gasteiger partial charge on any atom is -0.361 e.